The zero-order chi connectivity index (χ0) is 23.8. The highest BCUT2D eigenvalue weighted by atomic mass is 35.5. The van der Waals surface area contributed by atoms with Crippen LogP contribution in [0.2, 0.25) is 5.02 Å². The molecule has 10 heteroatoms. The van der Waals surface area contributed by atoms with Crippen LogP contribution >= 0.6 is 34.7 Å². The monoisotopic (exact) mass is 519 g/mol. The second-order valence-corrected chi connectivity index (χ2v) is 11.1. The van der Waals surface area contributed by atoms with Gasteiger partial charge in [0.15, 0.2) is 5.16 Å². The van der Waals surface area contributed by atoms with Crippen molar-refractivity contribution in [2.75, 3.05) is 39.2 Å². The van der Waals surface area contributed by atoms with Gasteiger partial charge in [0.05, 0.1) is 37.2 Å². The second kappa shape index (κ2) is 9.89. The van der Waals surface area contributed by atoms with Crippen LogP contribution in [0.15, 0.2) is 28.2 Å². The van der Waals surface area contributed by atoms with E-state index in [0.717, 1.165) is 29.7 Å². The molecule has 0 saturated carbocycles. The molecule has 3 heterocycles. The summed E-state index contributed by atoms with van der Waals surface area (Å²) in [7, 11) is 1.56. The van der Waals surface area contributed by atoms with Crippen LogP contribution in [0, 0.1) is 5.92 Å². The van der Waals surface area contributed by atoms with E-state index in [-0.39, 0.29) is 17.2 Å². The summed E-state index contributed by atoms with van der Waals surface area (Å²) >= 11 is 9.19. The van der Waals surface area contributed by atoms with Gasteiger partial charge in [-0.3, -0.25) is 14.2 Å². The molecule has 1 saturated heterocycles. The largest absolute Gasteiger partial charge is 0.495 e. The summed E-state index contributed by atoms with van der Waals surface area (Å²) in [6.45, 7) is 4.50. The first-order chi connectivity index (χ1) is 16.5. The predicted molar refractivity (Wildman–Crippen MR) is 136 cm³/mol. The summed E-state index contributed by atoms with van der Waals surface area (Å²) in [6, 6.07) is 5.18. The number of fused-ring (bicyclic) bond motifs is 3. The summed E-state index contributed by atoms with van der Waals surface area (Å²) < 4.78 is 12.5. The van der Waals surface area contributed by atoms with Crippen LogP contribution < -0.4 is 10.3 Å². The first-order valence-corrected chi connectivity index (χ1v) is 13.5. The van der Waals surface area contributed by atoms with Crippen LogP contribution in [0.3, 0.4) is 0 Å². The Kier molecular flexibility index (Phi) is 6.88. The second-order valence-electron chi connectivity index (χ2n) is 8.66. The maximum Gasteiger partial charge on any atom is 0.267 e. The van der Waals surface area contributed by atoms with Crippen molar-refractivity contribution in [2.24, 2.45) is 5.92 Å². The molecule has 0 spiro atoms. The number of hydrogen-bond acceptors (Lipinski definition) is 7. The third kappa shape index (κ3) is 4.46. The van der Waals surface area contributed by atoms with E-state index in [2.05, 4.69) is 6.92 Å². The Morgan fingerprint density at radius 1 is 1.35 bits per heavy atom. The van der Waals surface area contributed by atoms with E-state index in [0.29, 0.717) is 59.2 Å². The number of nitrogens with zero attached hydrogens (tertiary/aromatic N) is 3. The third-order valence-corrected chi connectivity index (χ3v) is 8.68. The highest BCUT2D eigenvalue weighted by Crippen LogP contribution is 2.38. The number of methoxy groups -OCH3 is 1. The molecule has 1 aliphatic heterocycles. The van der Waals surface area contributed by atoms with Gasteiger partial charge in [0.2, 0.25) is 5.91 Å². The van der Waals surface area contributed by atoms with Gasteiger partial charge in [-0.1, -0.05) is 30.3 Å². The van der Waals surface area contributed by atoms with Gasteiger partial charge in [-0.25, -0.2) is 4.98 Å². The van der Waals surface area contributed by atoms with Gasteiger partial charge in [-0.05, 0) is 48.9 Å². The quantitative estimate of drug-likeness (QED) is 0.372. The van der Waals surface area contributed by atoms with Crippen molar-refractivity contribution in [2.45, 2.75) is 31.3 Å². The number of amides is 1. The zero-order valence-corrected chi connectivity index (χ0v) is 21.5. The standard InChI is InChI=1S/C24H26ClN3O4S2/c1-14-3-5-16-19(11-14)34-22-21(16)23(30)28(17-12-15(25)4-6-18(17)31-2)24(26-22)33-13-20(29)27-7-9-32-10-8-27/h4,6,12,14H,3,5,7-11,13H2,1-2H3/t14-/m1/s1. The molecule has 5 rings (SSSR count). The zero-order valence-electron chi connectivity index (χ0n) is 19.1. The predicted octanol–water partition coefficient (Wildman–Crippen LogP) is 4.18. The van der Waals surface area contributed by atoms with Gasteiger partial charge < -0.3 is 14.4 Å². The molecule has 0 N–H and O–H groups in total. The SMILES string of the molecule is COc1ccc(Cl)cc1-n1c(SCC(=O)N2CCOCC2)nc2sc3c(c2c1=O)CC[C@@H](C)C3. The van der Waals surface area contributed by atoms with Gasteiger partial charge in [0, 0.05) is 23.0 Å². The minimum atomic E-state index is -0.140. The first kappa shape index (κ1) is 23.7. The van der Waals surface area contributed by atoms with Crippen molar-refractivity contribution in [3.05, 3.63) is 44.0 Å². The molecule has 0 unspecified atom stereocenters. The van der Waals surface area contributed by atoms with Crippen LogP contribution in [-0.2, 0) is 22.4 Å². The molecule has 1 aromatic carbocycles. The van der Waals surface area contributed by atoms with Crippen molar-refractivity contribution < 1.29 is 14.3 Å². The number of halogens is 1. The topological polar surface area (TPSA) is 73.7 Å². The molecule has 1 amide bonds. The number of morpholine rings is 1. The number of hydrogen-bond donors (Lipinski definition) is 0. The van der Waals surface area contributed by atoms with Crippen LogP contribution in [0.5, 0.6) is 5.75 Å². The lowest BCUT2D eigenvalue weighted by Crippen LogP contribution is -2.41. The van der Waals surface area contributed by atoms with Crippen LogP contribution in [0.25, 0.3) is 15.9 Å². The van der Waals surface area contributed by atoms with Crippen molar-refractivity contribution in [1.29, 1.82) is 0 Å². The fourth-order valence-electron chi connectivity index (χ4n) is 4.55. The molecule has 1 aliphatic carbocycles. The van der Waals surface area contributed by atoms with E-state index in [1.165, 1.54) is 16.6 Å². The number of aromatic nitrogens is 2. The molecule has 2 aliphatic rings. The fourth-order valence-corrected chi connectivity index (χ4v) is 7.05. The Labute approximate surface area is 211 Å². The number of aryl methyl sites for hydroxylation is 1. The molecule has 0 radical (unpaired) electrons. The molecule has 2 aromatic heterocycles. The first-order valence-electron chi connectivity index (χ1n) is 11.4. The van der Waals surface area contributed by atoms with Gasteiger partial charge in [-0.15, -0.1) is 11.3 Å². The lowest BCUT2D eigenvalue weighted by Gasteiger charge is -2.26. The van der Waals surface area contributed by atoms with E-state index in [1.54, 1.807) is 46.1 Å². The normalized spacial score (nSPS) is 18.2. The molecular formula is C24H26ClN3O4S2. The summed E-state index contributed by atoms with van der Waals surface area (Å²) in [6.07, 6.45) is 2.90. The average Bonchev–Trinajstić information content (AvgIpc) is 3.20. The maximum atomic E-state index is 14.0. The molecular weight excluding hydrogens is 494 g/mol. The molecule has 34 heavy (non-hydrogen) atoms. The average molecular weight is 520 g/mol. The van der Waals surface area contributed by atoms with Crippen molar-refractivity contribution in [3.63, 3.8) is 0 Å². The van der Waals surface area contributed by atoms with Crippen LogP contribution in [-0.4, -0.2) is 59.5 Å². The Balaban J connectivity index is 1.62. The minimum Gasteiger partial charge on any atom is -0.495 e. The summed E-state index contributed by atoms with van der Waals surface area (Å²) in [5.74, 6) is 1.30. The summed E-state index contributed by atoms with van der Waals surface area (Å²) in [5.41, 5.74) is 1.50. The van der Waals surface area contributed by atoms with Crippen molar-refractivity contribution in [3.8, 4) is 11.4 Å². The fraction of sp³-hybridized carbons (Fsp3) is 0.458. The Hall–Kier alpha value is -2.07. The maximum absolute atomic E-state index is 14.0. The van der Waals surface area contributed by atoms with E-state index < -0.39 is 0 Å². The Morgan fingerprint density at radius 2 is 2.15 bits per heavy atom. The third-order valence-electron chi connectivity index (χ3n) is 6.37. The van der Waals surface area contributed by atoms with Crippen molar-refractivity contribution >= 4 is 50.8 Å². The molecule has 180 valence electrons. The van der Waals surface area contributed by atoms with Gasteiger partial charge in [-0.2, -0.15) is 0 Å². The lowest BCUT2D eigenvalue weighted by molar-refractivity contribution is -0.132. The number of carbonyl (C=O) groups is 1. The summed E-state index contributed by atoms with van der Waals surface area (Å²) in [5, 5.41) is 1.63. The van der Waals surface area contributed by atoms with Crippen LogP contribution in [0.4, 0.5) is 0 Å². The number of thioether (sulfide) groups is 1. The van der Waals surface area contributed by atoms with E-state index in [9.17, 15) is 9.59 Å². The van der Waals surface area contributed by atoms with Gasteiger partial charge in [0.25, 0.3) is 5.56 Å². The summed E-state index contributed by atoms with van der Waals surface area (Å²) in [4.78, 5) is 35.5. The lowest BCUT2D eigenvalue weighted by atomic mass is 9.89. The number of thiophene rings is 1. The molecule has 1 fully saturated rings. The highest BCUT2D eigenvalue weighted by Gasteiger charge is 2.27. The van der Waals surface area contributed by atoms with Gasteiger partial charge in [0.1, 0.15) is 10.6 Å². The smallest absolute Gasteiger partial charge is 0.267 e. The molecule has 3 aromatic rings. The number of carbonyl (C=O) groups excluding carboxylic acids is 1. The van der Waals surface area contributed by atoms with Crippen LogP contribution in [0.1, 0.15) is 23.8 Å². The number of benzene rings is 1. The Morgan fingerprint density at radius 3 is 2.91 bits per heavy atom. The minimum absolute atomic E-state index is 0.00607. The molecule has 0 bridgehead atoms. The highest BCUT2D eigenvalue weighted by molar-refractivity contribution is 7.99. The van der Waals surface area contributed by atoms with E-state index >= 15 is 0 Å². The van der Waals surface area contributed by atoms with E-state index in [1.807, 2.05) is 0 Å². The number of rotatable bonds is 5. The van der Waals surface area contributed by atoms with E-state index in [4.69, 9.17) is 26.1 Å². The van der Waals surface area contributed by atoms with Gasteiger partial charge >= 0.3 is 0 Å². The van der Waals surface area contributed by atoms with Crippen molar-refractivity contribution in [1.82, 2.24) is 14.5 Å². The molecule has 1 atom stereocenters. The Bertz CT molecular complexity index is 1300. The molecule has 7 nitrogen and oxygen atoms in total. The number of ether oxygens (including phenoxy) is 2.